The number of rotatable bonds is 1. The zero-order valence-electron chi connectivity index (χ0n) is 4.08. The topological polar surface area (TPSA) is 27.0 Å². The summed E-state index contributed by atoms with van der Waals surface area (Å²) in [5.74, 6) is 0.550. The van der Waals surface area contributed by atoms with Crippen LogP contribution in [0.25, 0.3) is 0 Å². The minimum Gasteiger partial charge on any atom is -0.236 e. The molecule has 41 valence electrons. The molecule has 0 unspecified atom stereocenters. The fourth-order valence-corrected chi connectivity index (χ4v) is 0.504. The number of halogens is 1. The smallest absolute Gasteiger partial charge is 0.166 e. The summed E-state index contributed by atoms with van der Waals surface area (Å²) in [6.07, 6.45) is 1.64. The highest BCUT2D eigenvalue weighted by Crippen LogP contribution is 1.99. The van der Waals surface area contributed by atoms with Crippen LogP contribution in [-0.4, -0.2) is 4.98 Å². The first kappa shape index (κ1) is 5.38. The normalized spacial score (nSPS) is 8.62. The molecule has 1 aromatic heterocycles. The van der Waals surface area contributed by atoms with Crippen molar-refractivity contribution in [2.45, 2.75) is 0 Å². The molecule has 0 fully saturated rings. The highest BCUT2D eigenvalue weighted by molar-refractivity contribution is 6.15. The minimum absolute atomic E-state index is 0.550. The van der Waals surface area contributed by atoms with Gasteiger partial charge in [0, 0.05) is 18.0 Å². The molecule has 3 heteroatoms. The molecule has 1 radical (unpaired) electrons. The first-order chi connectivity index (χ1) is 3.93. The van der Waals surface area contributed by atoms with Gasteiger partial charge in [-0.3, -0.25) is 0 Å². The van der Waals surface area contributed by atoms with Crippen molar-refractivity contribution in [3.8, 4) is 0 Å². The zero-order chi connectivity index (χ0) is 5.82. The first-order valence-electron chi connectivity index (χ1n) is 2.16. The summed E-state index contributed by atoms with van der Waals surface area (Å²) in [5.41, 5.74) is 0. The maximum atomic E-state index is 5.09. The molecule has 2 nitrogen and oxygen atoms in total. The summed E-state index contributed by atoms with van der Waals surface area (Å²) >= 11 is 5.09. The number of aromatic nitrogens is 1. The fourth-order valence-electron chi connectivity index (χ4n) is 0.404. The van der Waals surface area contributed by atoms with Gasteiger partial charge in [0.2, 0.25) is 0 Å². The van der Waals surface area contributed by atoms with E-state index in [9.17, 15) is 0 Å². The van der Waals surface area contributed by atoms with E-state index in [1.807, 2.05) is 12.1 Å². The van der Waals surface area contributed by atoms with Crippen LogP contribution >= 0.6 is 11.8 Å². The van der Waals surface area contributed by atoms with Crippen LogP contribution < -0.4 is 4.84 Å². The van der Waals surface area contributed by atoms with Gasteiger partial charge >= 0.3 is 0 Å². The molecule has 1 heterocycles. The van der Waals surface area contributed by atoms with Gasteiger partial charge < -0.3 is 0 Å². The molecule has 0 amide bonds. The number of hydrogen-bond acceptors (Lipinski definition) is 1. The second kappa shape index (κ2) is 2.52. The summed E-state index contributed by atoms with van der Waals surface area (Å²) in [6.45, 7) is 0. The van der Waals surface area contributed by atoms with Crippen LogP contribution in [0.3, 0.4) is 0 Å². The zero-order valence-corrected chi connectivity index (χ0v) is 4.84. The lowest BCUT2D eigenvalue weighted by Crippen LogP contribution is -1.79. The molecule has 0 bridgehead atoms. The maximum absolute atomic E-state index is 5.09. The van der Waals surface area contributed by atoms with E-state index in [1.165, 1.54) is 0 Å². The van der Waals surface area contributed by atoms with Crippen molar-refractivity contribution in [2.75, 3.05) is 0 Å². The molecule has 8 heavy (non-hydrogen) atoms. The van der Waals surface area contributed by atoms with Crippen molar-refractivity contribution in [3.63, 3.8) is 0 Å². The van der Waals surface area contributed by atoms with Crippen molar-refractivity contribution >= 4 is 17.6 Å². The van der Waals surface area contributed by atoms with Gasteiger partial charge in [-0.05, 0) is 12.1 Å². The third-order valence-corrected chi connectivity index (χ3v) is 0.909. The van der Waals surface area contributed by atoms with Gasteiger partial charge in [0.15, 0.2) is 5.82 Å². The second-order valence-electron chi connectivity index (χ2n) is 1.27. The predicted molar refractivity (Wildman–Crippen MR) is 31.9 cm³/mol. The lowest BCUT2D eigenvalue weighted by Gasteiger charge is -1.86. The molecule has 0 aromatic carbocycles. The van der Waals surface area contributed by atoms with Crippen LogP contribution in [0, 0.1) is 0 Å². The number of nitrogens with zero attached hydrogens (tertiary/aromatic N) is 2. The molecule has 0 spiro atoms. The first-order valence-corrected chi connectivity index (χ1v) is 2.50. The summed E-state index contributed by atoms with van der Waals surface area (Å²) in [5, 5.41) is 0. The highest BCUT2D eigenvalue weighted by atomic mass is 35.5. The van der Waals surface area contributed by atoms with E-state index >= 15 is 0 Å². The third-order valence-electron chi connectivity index (χ3n) is 0.736. The van der Waals surface area contributed by atoms with Gasteiger partial charge in [0.05, 0.1) is 0 Å². The monoisotopic (exact) mass is 127 g/mol. The van der Waals surface area contributed by atoms with Crippen LogP contribution in [0.1, 0.15) is 0 Å². The van der Waals surface area contributed by atoms with Gasteiger partial charge in [-0.2, -0.15) is 4.84 Å². The molecule has 0 aliphatic carbocycles. The predicted octanol–water partition coefficient (Wildman–Crippen LogP) is 1.47. The van der Waals surface area contributed by atoms with Gasteiger partial charge in [-0.15, -0.1) is 0 Å². The van der Waals surface area contributed by atoms with E-state index in [0.29, 0.717) is 5.82 Å². The Hall–Kier alpha value is -0.760. The average Bonchev–Trinajstić information content (AvgIpc) is 1.90. The van der Waals surface area contributed by atoms with Crippen LogP contribution in [0.5, 0.6) is 0 Å². The van der Waals surface area contributed by atoms with Gasteiger partial charge in [0.1, 0.15) is 0 Å². The van der Waals surface area contributed by atoms with Crippen LogP contribution in [0.2, 0.25) is 0 Å². The molecule has 0 saturated heterocycles. The lowest BCUT2D eigenvalue weighted by molar-refractivity contribution is 1.19. The van der Waals surface area contributed by atoms with Crippen LogP contribution in [0.4, 0.5) is 5.82 Å². The van der Waals surface area contributed by atoms with Gasteiger partial charge in [-0.25, -0.2) is 4.98 Å². The molecule has 0 aliphatic rings. The average molecular weight is 128 g/mol. The Morgan fingerprint density at radius 1 is 1.50 bits per heavy atom. The minimum atomic E-state index is 0.550. The molecule has 0 saturated carbocycles. The number of pyridine rings is 1. The van der Waals surface area contributed by atoms with E-state index in [-0.39, 0.29) is 0 Å². The Kier molecular flexibility index (Phi) is 1.70. The molecule has 0 N–H and O–H groups in total. The Morgan fingerprint density at radius 2 is 2.38 bits per heavy atom. The summed E-state index contributed by atoms with van der Waals surface area (Å²) in [7, 11) is 0. The Morgan fingerprint density at radius 3 is 2.75 bits per heavy atom. The molecule has 0 aliphatic heterocycles. The Bertz CT molecular complexity index is 152. The summed E-state index contributed by atoms with van der Waals surface area (Å²) in [6, 6.07) is 5.37. The molecule has 1 rings (SSSR count). The maximum Gasteiger partial charge on any atom is 0.166 e. The summed E-state index contributed by atoms with van der Waals surface area (Å²) < 4.78 is 0. The molecular formula is C5H4ClN2. The van der Waals surface area contributed by atoms with Crippen molar-refractivity contribution in [1.82, 2.24) is 9.82 Å². The SMILES string of the molecule is Cl[N]c1ccccn1. The van der Waals surface area contributed by atoms with E-state index in [0.717, 1.165) is 0 Å². The largest absolute Gasteiger partial charge is 0.236 e. The van der Waals surface area contributed by atoms with Crippen LogP contribution in [0.15, 0.2) is 24.4 Å². The van der Waals surface area contributed by atoms with Crippen LogP contribution in [-0.2, 0) is 0 Å². The standard InChI is InChI=1S/C5H4ClN2/c6-8-5-3-1-2-4-7-5/h1-4H. The fraction of sp³-hybridized carbons (Fsp3) is 0. The van der Waals surface area contributed by atoms with Crippen molar-refractivity contribution in [3.05, 3.63) is 24.4 Å². The molecule has 1 aromatic rings. The second-order valence-corrected chi connectivity index (χ2v) is 1.44. The van der Waals surface area contributed by atoms with Gasteiger partial charge in [-0.1, -0.05) is 6.07 Å². The number of hydrogen-bond donors (Lipinski definition) is 0. The van der Waals surface area contributed by atoms with E-state index in [2.05, 4.69) is 9.82 Å². The Balaban J connectivity index is 2.83. The molecule has 0 atom stereocenters. The van der Waals surface area contributed by atoms with E-state index in [4.69, 9.17) is 11.8 Å². The van der Waals surface area contributed by atoms with Crippen molar-refractivity contribution in [1.29, 1.82) is 0 Å². The highest BCUT2D eigenvalue weighted by Gasteiger charge is 1.84. The lowest BCUT2D eigenvalue weighted by atomic mass is 10.5. The Labute approximate surface area is 52.6 Å². The van der Waals surface area contributed by atoms with Crippen molar-refractivity contribution in [2.24, 2.45) is 0 Å². The van der Waals surface area contributed by atoms with Gasteiger partial charge in [0.25, 0.3) is 0 Å². The quantitative estimate of drug-likeness (QED) is 0.561. The summed E-state index contributed by atoms with van der Waals surface area (Å²) in [4.78, 5) is 7.13. The van der Waals surface area contributed by atoms with E-state index in [1.54, 1.807) is 12.3 Å². The van der Waals surface area contributed by atoms with E-state index < -0.39 is 0 Å². The third kappa shape index (κ3) is 1.10. The van der Waals surface area contributed by atoms with Crippen molar-refractivity contribution < 1.29 is 0 Å². The molecular weight excluding hydrogens is 124 g/mol.